The minimum Gasteiger partial charge on any atom is -0.256 e. The van der Waals surface area contributed by atoms with E-state index in [-0.39, 0.29) is 16.2 Å². The third-order valence-electron chi connectivity index (χ3n) is 4.07. The molecule has 1 aliphatic heterocycles. The van der Waals surface area contributed by atoms with Crippen molar-refractivity contribution in [2.45, 2.75) is 66.2 Å². The van der Waals surface area contributed by atoms with E-state index in [1.54, 1.807) is 0 Å². The highest BCUT2D eigenvalue weighted by Gasteiger charge is 2.41. The Kier molecular flexibility index (Phi) is 2.97. The number of fused-ring (bicyclic) bond motifs is 1. The number of nitrogens with zero attached hydrogens (tertiary/aromatic N) is 1. The lowest BCUT2D eigenvalue weighted by molar-refractivity contribution is 0.535. The number of hydrogen-bond acceptors (Lipinski definition) is 1. The summed E-state index contributed by atoms with van der Waals surface area (Å²) in [5, 5.41) is 0. The van der Waals surface area contributed by atoms with Crippen molar-refractivity contribution >= 4 is 11.4 Å². The van der Waals surface area contributed by atoms with Gasteiger partial charge in [-0.2, -0.15) is 0 Å². The molecule has 1 aromatic carbocycles. The van der Waals surface area contributed by atoms with Crippen LogP contribution in [-0.2, 0) is 10.8 Å². The van der Waals surface area contributed by atoms with Gasteiger partial charge in [-0.25, -0.2) is 0 Å². The summed E-state index contributed by atoms with van der Waals surface area (Å²) in [6, 6.07) is 6.78. The van der Waals surface area contributed by atoms with Gasteiger partial charge in [0.05, 0.1) is 5.69 Å². The molecule has 104 valence electrons. The number of rotatable bonds is 0. The smallest absolute Gasteiger partial charge is 0.0671 e. The third kappa shape index (κ3) is 2.35. The zero-order valence-electron chi connectivity index (χ0n) is 13.7. The Morgan fingerprint density at radius 1 is 0.895 bits per heavy atom. The molecule has 1 heterocycles. The first-order valence-electron chi connectivity index (χ1n) is 7.19. The monoisotopic (exact) mass is 257 g/mol. The molecule has 1 nitrogen and oxygen atoms in total. The van der Waals surface area contributed by atoms with Crippen LogP contribution in [0.1, 0.15) is 66.5 Å². The molecule has 0 atom stereocenters. The second-order valence-corrected chi connectivity index (χ2v) is 8.32. The Hall–Kier alpha value is -1.11. The molecule has 1 heteroatoms. The SMILES string of the molecule is CC(C)(C)C1=Nc2ccc(C(C)(C)C)cc2C1(C)C. The first kappa shape index (κ1) is 14.3. The molecule has 1 aliphatic rings. The van der Waals surface area contributed by atoms with Crippen molar-refractivity contribution in [3.8, 4) is 0 Å². The highest BCUT2D eigenvalue weighted by Crippen LogP contribution is 2.46. The van der Waals surface area contributed by atoms with Gasteiger partial charge in [-0.1, -0.05) is 67.5 Å². The van der Waals surface area contributed by atoms with E-state index < -0.39 is 0 Å². The van der Waals surface area contributed by atoms with Crippen molar-refractivity contribution in [3.63, 3.8) is 0 Å². The average molecular weight is 257 g/mol. The standard InChI is InChI=1S/C18H27N/c1-16(2,3)12-9-10-14-13(11-12)18(7,8)15(19-14)17(4,5)6/h9-11H,1-8H3. The molecular weight excluding hydrogens is 230 g/mol. The first-order chi connectivity index (χ1) is 8.44. The molecule has 0 fully saturated rings. The second kappa shape index (κ2) is 3.94. The minimum atomic E-state index is 0.0366. The summed E-state index contributed by atoms with van der Waals surface area (Å²) in [6.45, 7) is 18.2. The van der Waals surface area contributed by atoms with Gasteiger partial charge in [0, 0.05) is 16.5 Å². The van der Waals surface area contributed by atoms with Crippen molar-refractivity contribution in [2.24, 2.45) is 10.4 Å². The maximum atomic E-state index is 4.92. The molecule has 0 bridgehead atoms. The van der Waals surface area contributed by atoms with Crippen LogP contribution in [0.4, 0.5) is 5.69 Å². The third-order valence-corrected chi connectivity index (χ3v) is 4.07. The topological polar surface area (TPSA) is 12.4 Å². The Morgan fingerprint density at radius 2 is 1.47 bits per heavy atom. The van der Waals surface area contributed by atoms with Gasteiger partial charge in [0.25, 0.3) is 0 Å². The second-order valence-electron chi connectivity index (χ2n) is 8.32. The quantitative estimate of drug-likeness (QED) is 0.590. The van der Waals surface area contributed by atoms with E-state index in [4.69, 9.17) is 4.99 Å². The molecule has 19 heavy (non-hydrogen) atoms. The largest absolute Gasteiger partial charge is 0.256 e. The fourth-order valence-electron chi connectivity index (χ4n) is 3.09. The molecule has 0 radical (unpaired) electrons. The van der Waals surface area contributed by atoms with Gasteiger partial charge in [0.15, 0.2) is 0 Å². The highest BCUT2D eigenvalue weighted by molar-refractivity contribution is 6.04. The number of aliphatic imine (C=N–C) groups is 1. The van der Waals surface area contributed by atoms with E-state index in [1.807, 2.05) is 0 Å². The summed E-state index contributed by atoms with van der Waals surface area (Å²) in [7, 11) is 0. The normalized spacial score (nSPS) is 18.2. The van der Waals surface area contributed by atoms with E-state index in [0.29, 0.717) is 0 Å². The Labute approximate surface area is 118 Å². The Morgan fingerprint density at radius 3 is 1.95 bits per heavy atom. The maximum Gasteiger partial charge on any atom is 0.0671 e. The molecule has 0 spiro atoms. The molecule has 2 rings (SSSR count). The summed E-state index contributed by atoms with van der Waals surface area (Å²) in [4.78, 5) is 4.92. The Balaban J connectivity index is 2.57. The predicted octanol–water partition coefficient (Wildman–Crippen LogP) is 5.39. The van der Waals surface area contributed by atoms with Crippen molar-refractivity contribution in [3.05, 3.63) is 29.3 Å². The molecule has 0 saturated heterocycles. The van der Waals surface area contributed by atoms with E-state index in [0.717, 1.165) is 5.69 Å². The lowest BCUT2D eigenvalue weighted by Gasteiger charge is -2.32. The van der Waals surface area contributed by atoms with Crippen LogP contribution in [0.3, 0.4) is 0 Å². The van der Waals surface area contributed by atoms with E-state index in [1.165, 1.54) is 16.8 Å². The van der Waals surface area contributed by atoms with Gasteiger partial charge in [0.1, 0.15) is 0 Å². The van der Waals surface area contributed by atoms with Crippen LogP contribution < -0.4 is 0 Å². The van der Waals surface area contributed by atoms with Crippen molar-refractivity contribution < 1.29 is 0 Å². The zero-order chi connectivity index (χ0) is 14.6. The summed E-state index contributed by atoms with van der Waals surface area (Å²) in [5.74, 6) is 0. The molecule has 1 aromatic rings. The molecule has 0 N–H and O–H groups in total. The van der Waals surface area contributed by atoms with Crippen molar-refractivity contribution in [2.75, 3.05) is 0 Å². The number of benzene rings is 1. The van der Waals surface area contributed by atoms with Crippen LogP contribution in [0, 0.1) is 5.41 Å². The summed E-state index contributed by atoms with van der Waals surface area (Å²) < 4.78 is 0. The van der Waals surface area contributed by atoms with Gasteiger partial charge in [-0.3, -0.25) is 4.99 Å². The van der Waals surface area contributed by atoms with Gasteiger partial charge in [-0.15, -0.1) is 0 Å². The summed E-state index contributed by atoms with van der Waals surface area (Å²) in [5.41, 5.74) is 5.56. The molecule has 0 aromatic heterocycles. The van der Waals surface area contributed by atoms with Crippen LogP contribution in [0.15, 0.2) is 23.2 Å². The lowest BCUT2D eigenvalue weighted by atomic mass is 9.71. The zero-order valence-corrected chi connectivity index (χ0v) is 13.7. The van der Waals surface area contributed by atoms with E-state index >= 15 is 0 Å². The molecular formula is C18H27N. The number of hydrogen-bond donors (Lipinski definition) is 0. The van der Waals surface area contributed by atoms with Crippen molar-refractivity contribution in [1.82, 2.24) is 0 Å². The Bertz CT molecular complexity index is 534. The molecule has 0 unspecified atom stereocenters. The van der Waals surface area contributed by atoms with Crippen LogP contribution in [-0.4, -0.2) is 5.71 Å². The molecule has 0 saturated carbocycles. The van der Waals surface area contributed by atoms with Crippen molar-refractivity contribution in [1.29, 1.82) is 0 Å². The first-order valence-corrected chi connectivity index (χ1v) is 7.19. The van der Waals surface area contributed by atoms with Crippen LogP contribution in [0.2, 0.25) is 0 Å². The van der Waals surface area contributed by atoms with Gasteiger partial charge < -0.3 is 0 Å². The maximum absolute atomic E-state index is 4.92. The average Bonchev–Trinajstić information content (AvgIpc) is 2.48. The molecule has 0 aliphatic carbocycles. The van der Waals surface area contributed by atoms with Gasteiger partial charge in [0.2, 0.25) is 0 Å². The summed E-state index contributed by atoms with van der Waals surface area (Å²) in [6.07, 6.45) is 0. The van der Waals surface area contributed by atoms with Gasteiger partial charge >= 0.3 is 0 Å². The minimum absolute atomic E-state index is 0.0366. The predicted molar refractivity (Wildman–Crippen MR) is 84.7 cm³/mol. The lowest BCUT2D eigenvalue weighted by Crippen LogP contribution is -2.35. The fourth-order valence-corrected chi connectivity index (χ4v) is 3.09. The van der Waals surface area contributed by atoms with Crippen LogP contribution >= 0.6 is 0 Å². The molecule has 0 amide bonds. The fraction of sp³-hybridized carbons (Fsp3) is 0.611. The van der Waals surface area contributed by atoms with E-state index in [9.17, 15) is 0 Å². The van der Waals surface area contributed by atoms with Gasteiger partial charge in [-0.05, 0) is 22.6 Å². The van der Waals surface area contributed by atoms with Crippen LogP contribution in [0.25, 0.3) is 0 Å². The highest BCUT2D eigenvalue weighted by atomic mass is 14.8. The van der Waals surface area contributed by atoms with Crippen LogP contribution in [0.5, 0.6) is 0 Å². The summed E-state index contributed by atoms with van der Waals surface area (Å²) >= 11 is 0. The van der Waals surface area contributed by atoms with E-state index in [2.05, 4.69) is 73.6 Å².